The van der Waals surface area contributed by atoms with Crippen LogP contribution >= 0.6 is 0 Å². The number of carboxylic acid groups (broad SMARTS) is 1. The Hall–Kier alpha value is -3.40. The van der Waals surface area contributed by atoms with Crippen molar-refractivity contribution in [2.24, 2.45) is 0 Å². The molecule has 0 amide bonds. The first-order valence-electron chi connectivity index (χ1n) is 8.04. The number of benzene rings is 3. The van der Waals surface area contributed by atoms with Crippen LogP contribution in [0.4, 0.5) is 0 Å². The summed E-state index contributed by atoms with van der Waals surface area (Å²) in [6.07, 6.45) is 1.83. The lowest BCUT2D eigenvalue weighted by molar-refractivity contribution is -0.136. The van der Waals surface area contributed by atoms with Gasteiger partial charge in [0.25, 0.3) is 0 Å². The summed E-state index contributed by atoms with van der Waals surface area (Å²) < 4.78 is 2.01. The first-order valence-corrected chi connectivity index (χ1v) is 8.04. The van der Waals surface area contributed by atoms with Crippen LogP contribution in [0.1, 0.15) is 5.56 Å². The number of rotatable bonds is 4. The van der Waals surface area contributed by atoms with E-state index < -0.39 is 5.97 Å². The van der Waals surface area contributed by atoms with Gasteiger partial charge in [0.1, 0.15) is 6.33 Å². The van der Waals surface area contributed by atoms with E-state index in [1.165, 1.54) is 0 Å². The lowest BCUT2D eigenvalue weighted by Gasteiger charge is -2.06. The van der Waals surface area contributed by atoms with Gasteiger partial charge in [-0.25, -0.2) is 4.98 Å². The van der Waals surface area contributed by atoms with Crippen LogP contribution in [0.15, 0.2) is 79.1 Å². The number of nitrogens with zero attached hydrogens (tertiary/aromatic N) is 2. The van der Waals surface area contributed by atoms with E-state index in [-0.39, 0.29) is 6.42 Å². The lowest BCUT2D eigenvalue weighted by Crippen LogP contribution is -2.00. The highest BCUT2D eigenvalue weighted by Gasteiger charge is 2.07. The molecule has 0 aliphatic rings. The Morgan fingerprint density at radius 3 is 2.40 bits per heavy atom. The third kappa shape index (κ3) is 3.02. The average Bonchev–Trinajstić information content (AvgIpc) is 3.06. The van der Waals surface area contributed by atoms with Gasteiger partial charge in [-0.15, -0.1) is 0 Å². The molecule has 4 heteroatoms. The topological polar surface area (TPSA) is 55.1 Å². The third-order valence-electron chi connectivity index (χ3n) is 4.22. The third-order valence-corrected chi connectivity index (χ3v) is 4.22. The highest BCUT2D eigenvalue weighted by Crippen LogP contribution is 2.25. The molecule has 3 aromatic carbocycles. The predicted octanol–water partition coefficient (Wildman–Crippen LogP) is 4.32. The summed E-state index contributed by atoms with van der Waals surface area (Å²) in [6.45, 7) is 0. The SMILES string of the molecule is O=C(O)Cc1ccc(-n2cnc3cc(-c4ccccc4)ccc32)cc1. The van der Waals surface area contributed by atoms with Crippen molar-refractivity contribution in [3.8, 4) is 16.8 Å². The molecule has 4 aromatic rings. The first kappa shape index (κ1) is 15.1. The Morgan fingerprint density at radius 2 is 1.68 bits per heavy atom. The first-order chi connectivity index (χ1) is 12.2. The van der Waals surface area contributed by atoms with Gasteiger partial charge in [-0.2, -0.15) is 0 Å². The van der Waals surface area contributed by atoms with Gasteiger partial charge in [0.15, 0.2) is 0 Å². The van der Waals surface area contributed by atoms with E-state index in [0.717, 1.165) is 33.4 Å². The standard InChI is InChI=1S/C21H16N2O2/c24-21(25)12-15-6-9-18(10-7-15)23-14-22-19-13-17(8-11-20(19)23)16-4-2-1-3-5-16/h1-11,13-14H,12H2,(H,24,25). The van der Waals surface area contributed by atoms with Crippen molar-refractivity contribution in [2.75, 3.05) is 0 Å². The van der Waals surface area contributed by atoms with Gasteiger partial charge < -0.3 is 5.11 Å². The average molecular weight is 328 g/mol. The minimum absolute atomic E-state index is 0.0331. The van der Waals surface area contributed by atoms with E-state index in [2.05, 4.69) is 35.3 Å². The molecular formula is C21H16N2O2. The summed E-state index contributed by atoms with van der Waals surface area (Å²) in [4.78, 5) is 15.3. The predicted molar refractivity (Wildman–Crippen MR) is 97.8 cm³/mol. The van der Waals surface area contributed by atoms with Crippen LogP contribution in [-0.2, 0) is 11.2 Å². The number of hydrogen-bond acceptors (Lipinski definition) is 2. The molecule has 0 atom stereocenters. The fourth-order valence-corrected chi connectivity index (χ4v) is 2.98. The molecular weight excluding hydrogens is 312 g/mol. The maximum absolute atomic E-state index is 10.8. The van der Waals surface area contributed by atoms with Crippen molar-refractivity contribution in [3.05, 3.63) is 84.7 Å². The number of carbonyl (C=O) groups is 1. The molecule has 0 spiro atoms. The zero-order chi connectivity index (χ0) is 17.2. The molecule has 122 valence electrons. The number of aliphatic carboxylic acids is 1. The van der Waals surface area contributed by atoms with Crippen molar-refractivity contribution in [3.63, 3.8) is 0 Å². The lowest BCUT2D eigenvalue weighted by atomic mass is 10.1. The van der Waals surface area contributed by atoms with E-state index in [1.807, 2.05) is 47.0 Å². The minimum Gasteiger partial charge on any atom is -0.481 e. The molecule has 0 aliphatic carbocycles. The fourth-order valence-electron chi connectivity index (χ4n) is 2.98. The van der Waals surface area contributed by atoms with Crippen LogP contribution < -0.4 is 0 Å². The summed E-state index contributed by atoms with van der Waals surface area (Å²) in [5.41, 5.74) is 5.99. The van der Waals surface area contributed by atoms with Crippen molar-refractivity contribution >= 4 is 17.0 Å². The van der Waals surface area contributed by atoms with Gasteiger partial charge in [-0.1, -0.05) is 48.5 Å². The number of aromatic nitrogens is 2. The normalized spacial score (nSPS) is 10.9. The quantitative estimate of drug-likeness (QED) is 0.607. The van der Waals surface area contributed by atoms with Crippen molar-refractivity contribution in [1.82, 2.24) is 9.55 Å². The molecule has 0 unspecified atom stereocenters. The molecule has 0 aliphatic heterocycles. The summed E-state index contributed by atoms with van der Waals surface area (Å²) in [6, 6.07) is 24.0. The molecule has 0 saturated heterocycles. The van der Waals surface area contributed by atoms with Gasteiger partial charge in [-0.3, -0.25) is 9.36 Å². The van der Waals surface area contributed by atoms with Crippen LogP contribution in [0.2, 0.25) is 0 Å². The molecule has 1 aromatic heterocycles. The maximum Gasteiger partial charge on any atom is 0.307 e. The second kappa shape index (κ2) is 6.24. The molecule has 0 fully saturated rings. The number of imidazole rings is 1. The van der Waals surface area contributed by atoms with Gasteiger partial charge in [0.2, 0.25) is 0 Å². The fraction of sp³-hybridized carbons (Fsp3) is 0.0476. The van der Waals surface area contributed by atoms with E-state index >= 15 is 0 Å². The largest absolute Gasteiger partial charge is 0.481 e. The molecule has 4 rings (SSSR count). The van der Waals surface area contributed by atoms with Crippen molar-refractivity contribution in [1.29, 1.82) is 0 Å². The van der Waals surface area contributed by atoms with Crippen LogP contribution in [0, 0.1) is 0 Å². The van der Waals surface area contributed by atoms with E-state index in [0.29, 0.717) is 0 Å². The van der Waals surface area contributed by atoms with Gasteiger partial charge in [0, 0.05) is 5.69 Å². The summed E-state index contributed by atoms with van der Waals surface area (Å²) in [5.74, 6) is -0.825. The molecule has 1 N–H and O–H groups in total. The Balaban J connectivity index is 1.70. The van der Waals surface area contributed by atoms with E-state index in [9.17, 15) is 4.79 Å². The molecule has 0 bridgehead atoms. The summed E-state index contributed by atoms with van der Waals surface area (Å²) in [5, 5.41) is 8.87. The van der Waals surface area contributed by atoms with E-state index in [1.54, 1.807) is 6.33 Å². The Bertz CT molecular complexity index is 1030. The van der Waals surface area contributed by atoms with Gasteiger partial charge in [-0.05, 0) is 41.0 Å². The molecule has 4 nitrogen and oxygen atoms in total. The zero-order valence-corrected chi connectivity index (χ0v) is 13.5. The molecule has 1 heterocycles. The Labute approximate surface area is 145 Å². The Kier molecular flexibility index (Phi) is 3.78. The zero-order valence-electron chi connectivity index (χ0n) is 13.5. The van der Waals surface area contributed by atoms with Crippen LogP contribution in [0.25, 0.3) is 27.8 Å². The van der Waals surface area contributed by atoms with Crippen LogP contribution in [0.3, 0.4) is 0 Å². The van der Waals surface area contributed by atoms with E-state index in [4.69, 9.17) is 5.11 Å². The number of hydrogen-bond donors (Lipinski definition) is 1. The van der Waals surface area contributed by atoms with Gasteiger partial charge >= 0.3 is 5.97 Å². The molecule has 25 heavy (non-hydrogen) atoms. The monoisotopic (exact) mass is 328 g/mol. The summed E-state index contributed by atoms with van der Waals surface area (Å²) in [7, 11) is 0. The second-order valence-electron chi connectivity index (χ2n) is 5.92. The van der Waals surface area contributed by atoms with Crippen LogP contribution in [0.5, 0.6) is 0 Å². The number of carboxylic acids is 1. The molecule has 0 radical (unpaired) electrons. The maximum atomic E-state index is 10.8. The van der Waals surface area contributed by atoms with Crippen LogP contribution in [-0.4, -0.2) is 20.6 Å². The molecule has 0 saturated carbocycles. The highest BCUT2D eigenvalue weighted by molar-refractivity contribution is 5.83. The second-order valence-corrected chi connectivity index (χ2v) is 5.92. The van der Waals surface area contributed by atoms with Crippen molar-refractivity contribution < 1.29 is 9.90 Å². The minimum atomic E-state index is -0.825. The smallest absolute Gasteiger partial charge is 0.307 e. The Morgan fingerprint density at radius 1 is 0.920 bits per heavy atom. The van der Waals surface area contributed by atoms with Crippen molar-refractivity contribution in [2.45, 2.75) is 6.42 Å². The highest BCUT2D eigenvalue weighted by atomic mass is 16.4. The number of fused-ring (bicyclic) bond motifs is 1. The van der Waals surface area contributed by atoms with Gasteiger partial charge in [0.05, 0.1) is 17.5 Å². The summed E-state index contributed by atoms with van der Waals surface area (Å²) >= 11 is 0.